The maximum absolute atomic E-state index is 9.76. The molecule has 0 amide bonds. The van der Waals surface area contributed by atoms with E-state index in [1.54, 1.807) is 0 Å². The number of carboxylic acids is 2. The Bertz CT molecular complexity index is 175. The largest absolute Gasteiger partial charge is 1.00 e. The van der Waals surface area contributed by atoms with E-state index in [-0.39, 0.29) is 143 Å². The predicted octanol–water partition coefficient (Wildman–Crippen LogP) is -8.56. The van der Waals surface area contributed by atoms with Crippen molar-refractivity contribution in [2.24, 2.45) is 0 Å². The van der Waals surface area contributed by atoms with Crippen LogP contribution in [0.5, 0.6) is 0 Å². The van der Waals surface area contributed by atoms with Gasteiger partial charge in [0.25, 0.3) is 0 Å². The summed E-state index contributed by atoms with van der Waals surface area (Å²) in [4.78, 5) is 19.4. The number of carbonyl (C=O) groups excluding carboxylic acids is 2. The summed E-state index contributed by atoms with van der Waals surface area (Å²) in [6, 6.07) is 0. The molecule has 0 saturated heterocycles. The minimum Gasteiger partial charge on any atom is -0.545 e. The predicted molar refractivity (Wildman–Crippen MR) is 23.8 cm³/mol. The maximum atomic E-state index is 9.76. The van der Waals surface area contributed by atoms with Gasteiger partial charge in [-0.1, -0.05) is 0 Å². The third kappa shape index (κ3) is 12.8. The number of hydrogen-bond acceptors (Lipinski definition) is 4. The van der Waals surface area contributed by atoms with Crippen molar-refractivity contribution in [2.45, 2.75) is 6.92 Å². The molecular formula is C5H4Cs2O4. The van der Waals surface area contributed by atoms with Crippen LogP contribution < -0.4 is 148 Å². The van der Waals surface area contributed by atoms with Gasteiger partial charge in [0, 0.05) is 0 Å². The first-order valence-electron chi connectivity index (χ1n) is 2.14. The Morgan fingerprint density at radius 1 is 1.18 bits per heavy atom. The van der Waals surface area contributed by atoms with Crippen LogP contribution in [0, 0.1) is 0 Å². The van der Waals surface area contributed by atoms with Gasteiger partial charge in [-0.2, -0.15) is 0 Å². The fourth-order valence-corrected chi connectivity index (χ4v) is 0.236. The summed E-state index contributed by atoms with van der Waals surface area (Å²) in [5.74, 6) is -3.03. The summed E-state index contributed by atoms with van der Waals surface area (Å²) in [6.07, 6.45) is 0.468. The van der Waals surface area contributed by atoms with Gasteiger partial charge < -0.3 is 19.8 Å². The van der Waals surface area contributed by atoms with E-state index >= 15 is 0 Å². The third-order valence-corrected chi connectivity index (χ3v) is 0.656. The molecule has 0 rings (SSSR count). The zero-order chi connectivity index (χ0) is 7.44. The van der Waals surface area contributed by atoms with Crippen LogP contribution in [0.4, 0.5) is 0 Å². The van der Waals surface area contributed by atoms with Crippen LogP contribution >= 0.6 is 0 Å². The van der Waals surface area contributed by atoms with Crippen LogP contribution in [0.25, 0.3) is 0 Å². The number of carboxylic acid groups (broad SMARTS) is 2. The molecule has 11 heavy (non-hydrogen) atoms. The summed E-state index contributed by atoms with van der Waals surface area (Å²) in [6.45, 7) is 1.12. The van der Waals surface area contributed by atoms with Crippen molar-refractivity contribution >= 4 is 11.9 Å². The molecule has 0 aromatic carbocycles. The van der Waals surface area contributed by atoms with Gasteiger partial charge in [-0.05, 0) is 18.6 Å². The van der Waals surface area contributed by atoms with Crippen molar-refractivity contribution in [3.63, 3.8) is 0 Å². The minimum absolute atomic E-state index is 0. The van der Waals surface area contributed by atoms with Crippen LogP contribution in [0.2, 0.25) is 0 Å². The Balaban J connectivity index is -0.000000320. The SMILES string of the molecule is C/C(=C\C(=O)[O-])C(=O)[O-].[Cs+].[Cs+]. The zero-order valence-corrected chi connectivity index (χ0v) is 19.3. The van der Waals surface area contributed by atoms with E-state index in [1.165, 1.54) is 0 Å². The van der Waals surface area contributed by atoms with E-state index in [1.807, 2.05) is 0 Å². The summed E-state index contributed by atoms with van der Waals surface area (Å²) in [5.41, 5.74) is -0.352. The Morgan fingerprint density at radius 3 is 1.64 bits per heavy atom. The van der Waals surface area contributed by atoms with Crippen LogP contribution in [0.15, 0.2) is 11.6 Å². The van der Waals surface area contributed by atoms with Crippen LogP contribution in [-0.2, 0) is 9.59 Å². The molecule has 0 aliphatic carbocycles. The van der Waals surface area contributed by atoms with Gasteiger partial charge in [0.15, 0.2) is 0 Å². The van der Waals surface area contributed by atoms with Gasteiger partial charge in [-0.15, -0.1) is 0 Å². The van der Waals surface area contributed by atoms with E-state index in [0.717, 1.165) is 6.92 Å². The fraction of sp³-hybridized carbons (Fsp3) is 0.200. The fourth-order valence-electron chi connectivity index (χ4n) is 0.236. The molecule has 0 fully saturated rings. The molecule has 0 heterocycles. The smallest absolute Gasteiger partial charge is 0.545 e. The van der Waals surface area contributed by atoms with Crippen molar-refractivity contribution < 1.29 is 158 Å². The molecule has 0 spiro atoms. The standard InChI is InChI=1S/C5H6O4.2Cs/c1-3(5(8)9)2-4(6)7;;/h2H,1H3,(H,6,7)(H,8,9);;/q;2*+1/p-2/b3-2+;;. The average Bonchev–Trinajstić information content (AvgIpc) is 1.63. The number of rotatable bonds is 2. The first kappa shape index (κ1) is 19.4. The summed E-state index contributed by atoms with van der Waals surface area (Å²) < 4.78 is 0. The Morgan fingerprint density at radius 2 is 1.55 bits per heavy atom. The monoisotopic (exact) mass is 394 g/mol. The molecule has 0 aromatic heterocycles. The molecule has 0 aliphatic heterocycles. The molecule has 0 saturated carbocycles. The molecule has 6 heteroatoms. The molecule has 50 valence electrons. The van der Waals surface area contributed by atoms with E-state index < -0.39 is 11.9 Å². The van der Waals surface area contributed by atoms with Gasteiger partial charge in [0.05, 0.1) is 11.9 Å². The zero-order valence-electron chi connectivity index (χ0n) is 6.71. The van der Waals surface area contributed by atoms with E-state index in [9.17, 15) is 19.8 Å². The van der Waals surface area contributed by atoms with Gasteiger partial charge in [0.1, 0.15) is 0 Å². The molecule has 0 N–H and O–H groups in total. The summed E-state index contributed by atoms with van der Waals surface area (Å²) in [7, 11) is 0. The second kappa shape index (κ2) is 10.9. The van der Waals surface area contributed by atoms with Crippen molar-refractivity contribution in [3.8, 4) is 0 Å². The van der Waals surface area contributed by atoms with Gasteiger partial charge in [-0.25, -0.2) is 0 Å². The topological polar surface area (TPSA) is 80.3 Å². The minimum atomic E-state index is -1.53. The number of aliphatic carboxylic acids is 2. The second-order valence-corrected chi connectivity index (χ2v) is 1.43. The normalized spacial score (nSPS) is 9.00. The van der Waals surface area contributed by atoms with Crippen LogP contribution in [-0.4, -0.2) is 11.9 Å². The third-order valence-electron chi connectivity index (χ3n) is 0.656. The Kier molecular flexibility index (Phi) is 19.1. The number of hydrogen-bond donors (Lipinski definition) is 0. The Labute approximate surface area is 182 Å². The van der Waals surface area contributed by atoms with Crippen molar-refractivity contribution in [3.05, 3.63) is 11.6 Å². The molecule has 0 bridgehead atoms. The van der Waals surface area contributed by atoms with E-state index in [2.05, 4.69) is 0 Å². The van der Waals surface area contributed by atoms with E-state index in [4.69, 9.17) is 0 Å². The molecule has 4 nitrogen and oxygen atoms in total. The Hall–Kier alpha value is 2.78. The van der Waals surface area contributed by atoms with Crippen molar-refractivity contribution in [2.75, 3.05) is 0 Å². The first-order valence-corrected chi connectivity index (χ1v) is 2.14. The number of carbonyl (C=O) groups is 2. The van der Waals surface area contributed by atoms with Crippen LogP contribution in [0.1, 0.15) is 6.92 Å². The van der Waals surface area contributed by atoms with Crippen molar-refractivity contribution in [1.29, 1.82) is 0 Å². The van der Waals surface area contributed by atoms with Gasteiger partial charge >= 0.3 is 138 Å². The quantitative estimate of drug-likeness (QED) is 0.436. The maximum Gasteiger partial charge on any atom is 1.00 e. The second-order valence-electron chi connectivity index (χ2n) is 1.43. The molecule has 0 radical (unpaired) electrons. The summed E-state index contributed by atoms with van der Waals surface area (Å²) >= 11 is 0. The molecular weight excluding hydrogens is 390 g/mol. The van der Waals surface area contributed by atoms with Crippen molar-refractivity contribution in [1.82, 2.24) is 0 Å². The van der Waals surface area contributed by atoms with Gasteiger partial charge in [0.2, 0.25) is 0 Å². The van der Waals surface area contributed by atoms with E-state index in [0.29, 0.717) is 6.08 Å². The van der Waals surface area contributed by atoms with Gasteiger partial charge in [-0.3, -0.25) is 0 Å². The molecule has 0 aromatic rings. The summed E-state index contributed by atoms with van der Waals surface area (Å²) in [5, 5.41) is 19.4. The average molecular weight is 394 g/mol. The first-order chi connectivity index (χ1) is 4.04. The molecule has 0 atom stereocenters. The molecule has 0 aliphatic rings. The van der Waals surface area contributed by atoms with Crippen LogP contribution in [0.3, 0.4) is 0 Å². The molecule has 0 unspecified atom stereocenters.